The minimum absolute atomic E-state index is 0.926. The third-order valence-corrected chi connectivity index (χ3v) is 2.70. The molecule has 0 unspecified atom stereocenters. The van der Waals surface area contributed by atoms with Crippen molar-refractivity contribution in [2.45, 2.75) is 13.0 Å². The molecule has 0 radical (unpaired) electrons. The average Bonchev–Trinajstić information content (AvgIpc) is 2.74. The van der Waals surface area contributed by atoms with Crippen LogP contribution >= 0.6 is 0 Å². The largest absolute Gasteiger partial charge is 0.312 e. The highest BCUT2D eigenvalue weighted by Gasteiger charge is 2.15. The van der Waals surface area contributed by atoms with E-state index < -0.39 is 0 Å². The average molecular weight is 200 g/mol. The van der Waals surface area contributed by atoms with Crippen molar-refractivity contribution in [1.29, 1.82) is 0 Å². The normalized spacial score (nSPS) is 14.9. The highest BCUT2D eigenvalue weighted by Crippen LogP contribution is 2.16. The first-order valence-electron chi connectivity index (χ1n) is 5.12. The fourth-order valence-corrected chi connectivity index (χ4v) is 1.95. The molecule has 15 heavy (non-hydrogen) atoms. The molecule has 1 N–H and O–H groups in total. The number of hydrogen-bond acceptors (Lipinski definition) is 3. The van der Waals surface area contributed by atoms with Crippen LogP contribution in [0.1, 0.15) is 11.3 Å². The molecule has 76 valence electrons. The lowest BCUT2D eigenvalue weighted by atomic mass is 10.1. The summed E-state index contributed by atoms with van der Waals surface area (Å²) >= 11 is 0. The summed E-state index contributed by atoms with van der Waals surface area (Å²) in [6.07, 6.45) is 6.59. The summed E-state index contributed by atoms with van der Waals surface area (Å²) in [6.45, 7) is 1.95. The Bertz CT molecular complexity index is 461. The zero-order chi connectivity index (χ0) is 10.1. The van der Waals surface area contributed by atoms with E-state index >= 15 is 0 Å². The fourth-order valence-electron chi connectivity index (χ4n) is 1.95. The van der Waals surface area contributed by atoms with Gasteiger partial charge < -0.3 is 5.32 Å². The van der Waals surface area contributed by atoms with Gasteiger partial charge >= 0.3 is 0 Å². The number of fused-ring (bicyclic) bond motifs is 1. The first-order valence-corrected chi connectivity index (χ1v) is 5.12. The predicted octanol–water partition coefficient (Wildman–Crippen LogP) is 0.913. The number of aromatic nitrogens is 3. The molecule has 2 aromatic heterocycles. The maximum atomic E-state index is 4.40. The Balaban J connectivity index is 2.09. The molecule has 3 rings (SSSR count). The topological polar surface area (TPSA) is 42.7 Å². The van der Waals surface area contributed by atoms with Gasteiger partial charge in [0.15, 0.2) is 0 Å². The van der Waals surface area contributed by atoms with Crippen LogP contribution in [0.25, 0.3) is 5.69 Å². The van der Waals surface area contributed by atoms with Crippen molar-refractivity contribution in [2.75, 3.05) is 6.54 Å². The molecule has 3 heterocycles. The SMILES string of the molecule is c1cncc(-n2ncc3c2CCNC3)c1. The van der Waals surface area contributed by atoms with E-state index in [1.807, 2.05) is 29.2 Å². The van der Waals surface area contributed by atoms with Gasteiger partial charge in [0.25, 0.3) is 0 Å². The van der Waals surface area contributed by atoms with Crippen molar-refractivity contribution in [1.82, 2.24) is 20.1 Å². The van der Waals surface area contributed by atoms with Crippen LogP contribution in [0.4, 0.5) is 0 Å². The van der Waals surface area contributed by atoms with Crippen LogP contribution in [0.15, 0.2) is 30.7 Å². The fraction of sp³-hybridized carbons (Fsp3) is 0.273. The smallest absolute Gasteiger partial charge is 0.0832 e. The molecule has 1 aliphatic heterocycles. The summed E-state index contributed by atoms with van der Waals surface area (Å²) in [5.41, 5.74) is 3.65. The van der Waals surface area contributed by atoms with Crippen LogP contribution in [-0.2, 0) is 13.0 Å². The van der Waals surface area contributed by atoms with Crippen molar-refractivity contribution in [2.24, 2.45) is 0 Å². The molecule has 0 atom stereocenters. The standard InChI is InChI=1S/C11H12N4/c1-2-10(8-12-4-1)15-11-3-5-13-6-9(11)7-14-15/h1-2,4,7-8,13H,3,5-6H2. The minimum Gasteiger partial charge on any atom is -0.312 e. The molecule has 0 saturated carbocycles. The Labute approximate surface area is 88.0 Å². The van der Waals surface area contributed by atoms with Gasteiger partial charge in [0.1, 0.15) is 0 Å². The summed E-state index contributed by atoms with van der Waals surface area (Å²) in [6, 6.07) is 3.97. The molecular formula is C11H12N4. The van der Waals surface area contributed by atoms with Gasteiger partial charge in [0.2, 0.25) is 0 Å². The number of nitrogens with zero attached hydrogens (tertiary/aromatic N) is 3. The van der Waals surface area contributed by atoms with Gasteiger partial charge in [-0.15, -0.1) is 0 Å². The van der Waals surface area contributed by atoms with Crippen molar-refractivity contribution in [3.05, 3.63) is 42.0 Å². The van der Waals surface area contributed by atoms with Crippen LogP contribution in [0, 0.1) is 0 Å². The molecule has 0 aromatic carbocycles. The molecule has 0 amide bonds. The van der Waals surface area contributed by atoms with Gasteiger partial charge in [0, 0.05) is 31.3 Å². The maximum Gasteiger partial charge on any atom is 0.0832 e. The van der Waals surface area contributed by atoms with E-state index in [1.165, 1.54) is 11.3 Å². The molecule has 0 saturated heterocycles. The second kappa shape index (κ2) is 3.47. The Hall–Kier alpha value is -1.68. The Kier molecular flexibility index (Phi) is 1.99. The lowest BCUT2D eigenvalue weighted by molar-refractivity contribution is 0.622. The van der Waals surface area contributed by atoms with Crippen LogP contribution < -0.4 is 5.32 Å². The van der Waals surface area contributed by atoms with Gasteiger partial charge in [-0.25, -0.2) is 4.68 Å². The Morgan fingerprint density at radius 2 is 2.33 bits per heavy atom. The van der Waals surface area contributed by atoms with Crippen LogP contribution in [0.3, 0.4) is 0 Å². The van der Waals surface area contributed by atoms with Crippen molar-refractivity contribution in [3.63, 3.8) is 0 Å². The summed E-state index contributed by atoms with van der Waals surface area (Å²) in [4.78, 5) is 4.11. The molecule has 4 nitrogen and oxygen atoms in total. The highest BCUT2D eigenvalue weighted by atomic mass is 15.3. The highest BCUT2D eigenvalue weighted by molar-refractivity contribution is 5.33. The van der Waals surface area contributed by atoms with Crippen molar-refractivity contribution < 1.29 is 0 Å². The Morgan fingerprint density at radius 3 is 3.20 bits per heavy atom. The second-order valence-electron chi connectivity index (χ2n) is 3.67. The van der Waals surface area contributed by atoms with E-state index in [2.05, 4.69) is 15.4 Å². The molecule has 4 heteroatoms. The number of hydrogen-bond donors (Lipinski definition) is 1. The zero-order valence-corrected chi connectivity index (χ0v) is 8.35. The molecule has 0 bridgehead atoms. The summed E-state index contributed by atoms with van der Waals surface area (Å²) in [7, 11) is 0. The first kappa shape index (κ1) is 8.61. The predicted molar refractivity (Wildman–Crippen MR) is 56.8 cm³/mol. The summed E-state index contributed by atoms with van der Waals surface area (Å²) in [5.74, 6) is 0. The number of nitrogens with one attached hydrogen (secondary N) is 1. The third kappa shape index (κ3) is 1.43. The monoisotopic (exact) mass is 200 g/mol. The third-order valence-electron chi connectivity index (χ3n) is 2.70. The van der Waals surface area contributed by atoms with Crippen molar-refractivity contribution >= 4 is 0 Å². The van der Waals surface area contributed by atoms with Gasteiger partial charge in [-0.3, -0.25) is 4.98 Å². The van der Waals surface area contributed by atoms with E-state index in [-0.39, 0.29) is 0 Å². The van der Waals surface area contributed by atoms with E-state index in [0.717, 1.165) is 25.2 Å². The van der Waals surface area contributed by atoms with Crippen LogP contribution in [0.2, 0.25) is 0 Å². The molecule has 2 aromatic rings. The molecule has 1 aliphatic rings. The van der Waals surface area contributed by atoms with Gasteiger partial charge in [-0.1, -0.05) is 0 Å². The van der Waals surface area contributed by atoms with Gasteiger partial charge in [-0.2, -0.15) is 5.10 Å². The lowest BCUT2D eigenvalue weighted by Crippen LogP contribution is -2.24. The summed E-state index contributed by atoms with van der Waals surface area (Å²) in [5, 5.41) is 7.74. The first-order chi connectivity index (χ1) is 7.45. The summed E-state index contributed by atoms with van der Waals surface area (Å²) < 4.78 is 1.99. The van der Waals surface area contributed by atoms with E-state index in [9.17, 15) is 0 Å². The number of pyridine rings is 1. The van der Waals surface area contributed by atoms with E-state index in [0.29, 0.717) is 0 Å². The lowest BCUT2D eigenvalue weighted by Gasteiger charge is -2.14. The molecule has 0 fully saturated rings. The number of rotatable bonds is 1. The van der Waals surface area contributed by atoms with Crippen molar-refractivity contribution in [3.8, 4) is 5.69 Å². The van der Waals surface area contributed by atoms with Gasteiger partial charge in [-0.05, 0) is 12.1 Å². The van der Waals surface area contributed by atoms with E-state index in [1.54, 1.807) is 6.20 Å². The second-order valence-corrected chi connectivity index (χ2v) is 3.67. The molecule has 0 aliphatic carbocycles. The molecular weight excluding hydrogens is 188 g/mol. The van der Waals surface area contributed by atoms with Crippen LogP contribution in [-0.4, -0.2) is 21.3 Å². The maximum absolute atomic E-state index is 4.40. The quantitative estimate of drug-likeness (QED) is 0.744. The van der Waals surface area contributed by atoms with Crippen LogP contribution in [0.5, 0.6) is 0 Å². The molecule has 0 spiro atoms. The zero-order valence-electron chi connectivity index (χ0n) is 8.35. The van der Waals surface area contributed by atoms with Gasteiger partial charge in [0.05, 0.1) is 23.8 Å². The van der Waals surface area contributed by atoms with E-state index in [4.69, 9.17) is 0 Å². The Morgan fingerprint density at radius 1 is 1.33 bits per heavy atom. The minimum atomic E-state index is 0.926.